The largest absolute Gasteiger partial charge is 0.460 e. The lowest BCUT2D eigenvalue weighted by molar-refractivity contribution is -0.154. The van der Waals surface area contributed by atoms with E-state index >= 15 is 0 Å². The SMILES string of the molecule is Cc1ccc(C(=O)OC(CNC(C)(C)C)c2ccc(Oc3cccc(C)c3)c(COC(=O)C(C)(C)C)c2)cc1. The maximum absolute atomic E-state index is 13.1. The van der Waals surface area contributed by atoms with Crippen LogP contribution in [-0.2, 0) is 20.9 Å². The summed E-state index contributed by atoms with van der Waals surface area (Å²) in [5.41, 5.74) is 3.24. The molecule has 6 nitrogen and oxygen atoms in total. The molecule has 1 unspecified atom stereocenters. The molecule has 3 rings (SSSR count). The Bertz CT molecular complexity index is 1280. The van der Waals surface area contributed by atoms with Crippen LogP contribution in [0.25, 0.3) is 0 Å². The fourth-order valence-corrected chi connectivity index (χ4v) is 3.69. The first-order valence-corrected chi connectivity index (χ1v) is 13.3. The van der Waals surface area contributed by atoms with Crippen LogP contribution in [0.3, 0.4) is 0 Å². The molecule has 0 saturated carbocycles. The average molecular weight is 532 g/mol. The van der Waals surface area contributed by atoms with E-state index in [0.717, 1.165) is 16.7 Å². The zero-order valence-corrected chi connectivity index (χ0v) is 24.4. The van der Waals surface area contributed by atoms with Crippen LogP contribution in [0.1, 0.15) is 80.3 Å². The fourth-order valence-electron chi connectivity index (χ4n) is 3.69. The van der Waals surface area contributed by atoms with E-state index in [-0.39, 0.29) is 18.1 Å². The van der Waals surface area contributed by atoms with Gasteiger partial charge in [-0.25, -0.2) is 4.79 Å². The molecule has 6 heteroatoms. The van der Waals surface area contributed by atoms with Crippen molar-refractivity contribution < 1.29 is 23.8 Å². The monoisotopic (exact) mass is 531 g/mol. The maximum atomic E-state index is 13.1. The highest BCUT2D eigenvalue weighted by Crippen LogP contribution is 2.31. The summed E-state index contributed by atoms with van der Waals surface area (Å²) in [6, 6.07) is 20.7. The second-order valence-corrected chi connectivity index (χ2v) is 12.0. The number of nitrogens with one attached hydrogen (secondary N) is 1. The van der Waals surface area contributed by atoms with Gasteiger partial charge in [0.2, 0.25) is 0 Å². The van der Waals surface area contributed by atoms with E-state index in [1.54, 1.807) is 12.1 Å². The summed E-state index contributed by atoms with van der Waals surface area (Å²) in [5, 5.41) is 3.44. The minimum atomic E-state index is -0.641. The normalized spacial score (nSPS) is 12.5. The summed E-state index contributed by atoms with van der Waals surface area (Å²) in [4.78, 5) is 25.6. The number of rotatable bonds is 9. The fraction of sp³-hybridized carbons (Fsp3) is 0.394. The van der Waals surface area contributed by atoms with Crippen molar-refractivity contribution >= 4 is 11.9 Å². The molecule has 1 atom stereocenters. The lowest BCUT2D eigenvalue weighted by atomic mass is 9.97. The first-order valence-electron chi connectivity index (χ1n) is 13.3. The minimum Gasteiger partial charge on any atom is -0.460 e. The third-order valence-electron chi connectivity index (χ3n) is 6.00. The number of hydrogen-bond donors (Lipinski definition) is 1. The summed E-state index contributed by atoms with van der Waals surface area (Å²) in [5.74, 6) is 0.531. The lowest BCUT2D eigenvalue weighted by Gasteiger charge is -2.26. The molecule has 0 amide bonds. The first kappa shape index (κ1) is 29.9. The summed E-state index contributed by atoms with van der Waals surface area (Å²) in [6.07, 6.45) is -0.580. The van der Waals surface area contributed by atoms with Crippen molar-refractivity contribution in [1.29, 1.82) is 0 Å². The molecular formula is C33H41NO5. The average Bonchev–Trinajstić information content (AvgIpc) is 2.85. The minimum absolute atomic E-state index is 0.0242. The molecule has 0 bridgehead atoms. The quantitative estimate of drug-likeness (QED) is 0.289. The van der Waals surface area contributed by atoms with E-state index < -0.39 is 17.5 Å². The molecule has 0 heterocycles. The van der Waals surface area contributed by atoms with Gasteiger partial charge >= 0.3 is 11.9 Å². The van der Waals surface area contributed by atoms with E-state index in [0.29, 0.717) is 29.2 Å². The lowest BCUT2D eigenvalue weighted by Crippen LogP contribution is -2.39. The summed E-state index contributed by atoms with van der Waals surface area (Å²) in [6.45, 7) is 16.0. The van der Waals surface area contributed by atoms with Crippen molar-refractivity contribution in [2.24, 2.45) is 5.41 Å². The topological polar surface area (TPSA) is 73.9 Å². The van der Waals surface area contributed by atoms with Crippen molar-refractivity contribution in [3.63, 3.8) is 0 Å². The highest BCUT2D eigenvalue weighted by molar-refractivity contribution is 5.89. The van der Waals surface area contributed by atoms with E-state index in [2.05, 4.69) is 26.1 Å². The molecule has 0 fully saturated rings. The smallest absolute Gasteiger partial charge is 0.338 e. The van der Waals surface area contributed by atoms with Crippen LogP contribution in [0.15, 0.2) is 66.7 Å². The van der Waals surface area contributed by atoms with E-state index in [1.807, 2.05) is 89.2 Å². The van der Waals surface area contributed by atoms with E-state index in [4.69, 9.17) is 14.2 Å². The molecule has 0 aliphatic carbocycles. The van der Waals surface area contributed by atoms with Crippen LogP contribution in [0, 0.1) is 19.3 Å². The number of carbonyl (C=O) groups excluding carboxylic acids is 2. The summed E-state index contributed by atoms with van der Waals surface area (Å²) in [7, 11) is 0. The van der Waals surface area contributed by atoms with Gasteiger partial charge in [-0.2, -0.15) is 0 Å². The highest BCUT2D eigenvalue weighted by atomic mass is 16.5. The molecule has 0 spiro atoms. The van der Waals surface area contributed by atoms with E-state index in [9.17, 15) is 9.59 Å². The van der Waals surface area contributed by atoms with Crippen LogP contribution in [-0.4, -0.2) is 24.0 Å². The Kier molecular flexibility index (Phi) is 9.57. The van der Waals surface area contributed by atoms with Crippen molar-refractivity contribution in [1.82, 2.24) is 5.32 Å². The van der Waals surface area contributed by atoms with Crippen molar-refractivity contribution in [2.75, 3.05) is 6.54 Å². The molecular weight excluding hydrogens is 490 g/mol. The Labute approximate surface area is 232 Å². The van der Waals surface area contributed by atoms with Gasteiger partial charge in [-0.05, 0) is 103 Å². The van der Waals surface area contributed by atoms with Gasteiger partial charge in [-0.1, -0.05) is 35.9 Å². The Morgan fingerprint density at radius 1 is 0.846 bits per heavy atom. The molecule has 0 aromatic heterocycles. The van der Waals surface area contributed by atoms with Crippen LogP contribution < -0.4 is 10.1 Å². The Balaban J connectivity index is 1.96. The van der Waals surface area contributed by atoms with Crippen molar-refractivity contribution in [2.45, 2.75) is 73.6 Å². The molecule has 3 aromatic carbocycles. The Morgan fingerprint density at radius 3 is 2.15 bits per heavy atom. The van der Waals surface area contributed by atoms with Crippen molar-refractivity contribution in [3.05, 3.63) is 94.5 Å². The number of esters is 2. The van der Waals surface area contributed by atoms with Crippen LogP contribution in [0.2, 0.25) is 0 Å². The van der Waals surface area contributed by atoms with Gasteiger partial charge in [0, 0.05) is 17.6 Å². The van der Waals surface area contributed by atoms with Gasteiger partial charge in [-0.15, -0.1) is 0 Å². The third-order valence-corrected chi connectivity index (χ3v) is 6.00. The highest BCUT2D eigenvalue weighted by Gasteiger charge is 2.25. The standard InChI is InChI=1S/C33H41NO5/c1-22-12-14-24(15-13-22)30(35)39-29(20-34-33(6,7)8)25-16-17-28(38-27-11-9-10-23(2)18-27)26(19-25)21-37-31(36)32(3,4)5/h9-19,29,34H,20-21H2,1-8H3. The third kappa shape index (κ3) is 9.25. The second kappa shape index (κ2) is 12.5. The molecule has 1 N–H and O–H groups in total. The number of hydrogen-bond acceptors (Lipinski definition) is 6. The van der Waals surface area contributed by atoms with Crippen molar-refractivity contribution in [3.8, 4) is 11.5 Å². The number of carbonyl (C=O) groups is 2. The number of ether oxygens (including phenoxy) is 3. The first-order chi connectivity index (χ1) is 18.2. The molecule has 3 aromatic rings. The molecule has 0 aliphatic rings. The second-order valence-electron chi connectivity index (χ2n) is 12.0. The van der Waals surface area contributed by atoms with E-state index in [1.165, 1.54) is 0 Å². The van der Waals surface area contributed by atoms with Gasteiger partial charge in [-0.3, -0.25) is 4.79 Å². The van der Waals surface area contributed by atoms with Gasteiger partial charge in [0.05, 0.1) is 11.0 Å². The molecule has 0 aliphatic heterocycles. The van der Waals surface area contributed by atoms with Gasteiger partial charge in [0.1, 0.15) is 24.2 Å². The van der Waals surface area contributed by atoms with Crippen LogP contribution in [0.4, 0.5) is 0 Å². The number of aryl methyl sites for hydroxylation is 2. The summed E-state index contributed by atoms with van der Waals surface area (Å²) < 4.78 is 17.9. The summed E-state index contributed by atoms with van der Waals surface area (Å²) >= 11 is 0. The molecule has 0 saturated heterocycles. The molecule has 39 heavy (non-hydrogen) atoms. The predicted molar refractivity (Wildman–Crippen MR) is 154 cm³/mol. The molecule has 0 radical (unpaired) electrons. The number of benzene rings is 3. The zero-order chi connectivity index (χ0) is 28.8. The van der Waals surface area contributed by atoms with Gasteiger partial charge < -0.3 is 19.5 Å². The Morgan fingerprint density at radius 2 is 1.54 bits per heavy atom. The van der Waals surface area contributed by atoms with Gasteiger partial charge in [0.25, 0.3) is 0 Å². The van der Waals surface area contributed by atoms with Crippen LogP contribution >= 0.6 is 0 Å². The predicted octanol–water partition coefficient (Wildman–Crippen LogP) is 7.47. The molecule has 208 valence electrons. The van der Waals surface area contributed by atoms with Crippen LogP contribution in [0.5, 0.6) is 11.5 Å². The maximum Gasteiger partial charge on any atom is 0.338 e. The van der Waals surface area contributed by atoms with Gasteiger partial charge in [0.15, 0.2) is 0 Å². The Hall–Kier alpha value is -3.64. The zero-order valence-electron chi connectivity index (χ0n) is 24.4.